The van der Waals surface area contributed by atoms with Crippen LogP contribution in [0.25, 0.3) is 5.57 Å². The third-order valence-electron chi connectivity index (χ3n) is 11.9. The van der Waals surface area contributed by atoms with Crippen LogP contribution in [0.2, 0.25) is 0 Å². The number of thioether (sulfide) groups is 1. The molecule has 0 bridgehead atoms. The molecule has 2 aliphatic heterocycles. The lowest BCUT2D eigenvalue weighted by Gasteiger charge is -2.32. The Morgan fingerprint density at radius 1 is 0.814 bits per heavy atom. The Morgan fingerprint density at radius 3 is 2.16 bits per heavy atom. The number of esters is 2. The van der Waals surface area contributed by atoms with E-state index < -0.39 is 11.9 Å². The molecule has 1 amide bonds. The first-order valence-corrected chi connectivity index (χ1v) is 23.8. The van der Waals surface area contributed by atoms with Crippen molar-refractivity contribution in [3.8, 4) is 28.4 Å². The Hall–Kier alpha value is -7.13. The largest absolute Gasteiger partial charge is 0.488 e. The van der Waals surface area contributed by atoms with Crippen LogP contribution in [-0.2, 0) is 35.0 Å². The predicted octanol–water partition coefficient (Wildman–Crippen LogP) is 6.40. The molecule has 0 saturated carbocycles. The molecule has 16 nitrogen and oxygen atoms in total. The number of nitrogens with one attached hydrogen (secondary N) is 1. The fourth-order valence-electron chi connectivity index (χ4n) is 8.14. The van der Waals surface area contributed by atoms with E-state index in [4.69, 9.17) is 38.4 Å². The van der Waals surface area contributed by atoms with Crippen LogP contribution in [-0.4, -0.2) is 137 Å². The van der Waals surface area contributed by atoms with Gasteiger partial charge in [0.1, 0.15) is 60.5 Å². The molecule has 1 atom stereocenters. The van der Waals surface area contributed by atoms with Gasteiger partial charge < -0.3 is 53.2 Å². The van der Waals surface area contributed by atoms with E-state index in [0.29, 0.717) is 65.2 Å². The molecule has 0 spiro atoms. The van der Waals surface area contributed by atoms with Crippen LogP contribution in [0.1, 0.15) is 22.3 Å². The maximum Gasteiger partial charge on any atom is 0.325 e. The van der Waals surface area contributed by atoms with Gasteiger partial charge in [0.15, 0.2) is 6.61 Å². The molecule has 0 radical (unpaired) electrons. The number of fused-ring (bicyclic) bond motifs is 4. The maximum absolute atomic E-state index is 13.7. The summed E-state index contributed by atoms with van der Waals surface area (Å²) >= 11 is 1.09. The summed E-state index contributed by atoms with van der Waals surface area (Å²) < 4.78 is 42.9. The van der Waals surface area contributed by atoms with Crippen LogP contribution in [0.15, 0.2) is 107 Å². The van der Waals surface area contributed by atoms with Gasteiger partial charge in [0.2, 0.25) is 0 Å². The minimum Gasteiger partial charge on any atom is -0.488 e. The number of carbonyl (C=O) groups is 3. The number of aryl methyl sites for hydroxylation is 1. The molecule has 4 aromatic rings. The van der Waals surface area contributed by atoms with Crippen LogP contribution < -0.4 is 39.0 Å². The summed E-state index contributed by atoms with van der Waals surface area (Å²) in [5.41, 5.74) is 7.12. The van der Waals surface area contributed by atoms with Gasteiger partial charge in [0.25, 0.3) is 5.91 Å². The number of methoxy groups -OCH3 is 2. The van der Waals surface area contributed by atoms with Gasteiger partial charge in [-0.25, -0.2) is 0 Å². The fraction of sp³-hybridized carbons (Fsp3) is 0.358. The van der Waals surface area contributed by atoms with E-state index in [9.17, 15) is 14.4 Å². The van der Waals surface area contributed by atoms with Crippen LogP contribution >= 0.6 is 11.8 Å². The Labute approximate surface area is 413 Å². The number of allylic oxidation sites excluding steroid dienone is 1. The Morgan fingerprint density at radius 2 is 1.50 bits per heavy atom. The second-order valence-electron chi connectivity index (χ2n) is 17.1. The number of benzene rings is 4. The molecule has 0 fully saturated rings. The smallest absolute Gasteiger partial charge is 0.325 e. The zero-order chi connectivity index (χ0) is 49.7. The first-order chi connectivity index (χ1) is 33.8. The van der Waals surface area contributed by atoms with E-state index in [-0.39, 0.29) is 64.6 Å². The molecule has 1 N–H and O–H groups in total. The van der Waals surface area contributed by atoms with Gasteiger partial charge in [-0.3, -0.25) is 19.3 Å². The number of thiocyanates is 1. The third-order valence-corrected chi connectivity index (χ3v) is 12.5. The van der Waals surface area contributed by atoms with Crippen molar-refractivity contribution in [1.82, 2.24) is 10.2 Å². The van der Waals surface area contributed by atoms with E-state index in [1.165, 1.54) is 14.2 Å². The highest BCUT2D eigenvalue weighted by molar-refractivity contribution is 8.03. The van der Waals surface area contributed by atoms with Crippen molar-refractivity contribution in [3.05, 3.63) is 125 Å². The van der Waals surface area contributed by atoms with Gasteiger partial charge in [-0.2, -0.15) is 5.26 Å². The molecule has 3 aliphatic rings. The second-order valence-corrected chi connectivity index (χ2v) is 18.0. The van der Waals surface area contributed by atoms with Gasteiger partial charge >= 0.3 is 11.9 Å². The lowest BCUT2D eigenvalue weighted by atomic mass is 9.86. The number of anilines is 3. The van der Waals surface area contributed by atoms with Crippen molar-refractivity contribution in [2.24, 2.45) is 0 Å². The van der Waals surface area contributed by atoms with Crippen molar-refractivity contribution < 1.29 is 47.5 Å². The first kappa shape index (κ1) is 50.7. The minimum absolute atomic E-state index is 0.0268. The standard InChI is InChI=1S/C53H60N6O10S/c1-35-8-17-43-48(26-35)66-24-25-67-49-29-42(53-40-15-11-37(56(2)3)27-46(40)69-47-28-38(57(4)5)12-16-41(47)53)45(68-33-50(60)55-19-18-36-9-13-39(14-10-36)70-34-54)30-44(49)59(32-52(62)64-7)21-23-65-22-20-58(43)31-51(61)63-6/h8-17,26-30,37H,18-25,31-33H2,1-7H3,(H,55,60). The second kappa shape index (κ2) is 23.9. The highest BCUT2D eigenvalue weighted by atomic mass is 32.2. The SMILES string of the molecule is COC(=O)CN1CCOCCN(CC(=O)OC)c2cc(OCC(=O)NCCc3ccc(SC#N)cc3)c(C3=C4C=CC(N(C)C)C=C4Oc4cc(N(C)C)ccc43)cc2OCCOc2cc(C)ccc21. The average molecular weight is 973 g/mol. The molecule has 17 heteroatoms. The Bertz CT molecular complexity index is 2680. The number of nitriles is 1. The lowest BCUT2D eigenvalue weighted by molar-refractivity contribution is -0.139. The summed E-state index contributed by atoms with van der Waals surface area (Å²) in [6, 6.07) is 23.1. The van der Waals surface area contributed by atoms with Gasteiger partial charge in [-0.1, -0.05) is 30.4 Å². The molecule has 0 aromatic heterocycles. The molecule has 70 heavy (non-hydrogen) atoms. The predicted molar refractivity (Wildman–Crippen MR) is 270 cm³/mol. The quantitative estimate of drug-likeness (QED) is 0.0838. The molecule has 1 unspecified atom stereocenters. The summed E-state index contributed by atoms with van der Waals surface area (Å²) in [7, 11) is 10.6. The van der Waals surface area contributed by atoms with Crippen molar-refractivity contribution in [2.75, 3.05) is 123 Å². The monoisotopic (exact) mass is 972 g/mol. The number of hydrogen-bond acceptors (Lipinski definition) is 16. The first-order valence-electron chi connectivity index (χ1n) is 23.0. The van der Waals surface area contributed by atoms with E-state index in [0.717, 1.165) is 50.2 Å². The fourth-order valence-corrected chi connectivity index (χ4v) is 8.51. The van der Waals surface area contributed by atoms with Crippen molar-refractivity contribution >= 4 is 52.2 Å². The zero-order valence-corrected chi connectivity index (χ0v) is 41.6. The van der Waals surface area contributed by atoms with E-state index >= 15 is 0 Å². The number of likely N-dealkylation sites (N-methyl/N-ethyl adjacent to an activating group) is 1. The summed E-state index contributed by atoms with van der Waals surface area (Å²) in [5, 5.41) is 14.1. The van der Waals surface area contributed by atoms with Gasteiger partial charge in [0.05, 0.1) is 38.8 Å². The molecule has 4 aromatic carbocycles. The Balaban J connectivity index is 1.31. The van der Waals surface area contributed by atoms with E-state index in [2.05, 4.69) is 27.8 Å². The summed E-state index contributed by atoms with van der Waals surface area (Å²) in [4.78, 5) is 48.1. The van der Waals surface area contributed by atoms with E-state index in [1.807, 2.05) is 118 Å². The van der Waals surface area contributed by atoms with Gasteiger partial charge in [-0.05, 0) is 98.9 Å². The average Bonchev–Trinajstić information content (AvgIpc) is 3.35. The number of hydrogen-bond donors (Lipinski definition) is 1. The van der Waals surface area contributed by atoms with Gasteiger partial charge in [0, 0.05) is 84.8 Å². The number of nitrogens with zero attached hydrogens (tertiary/aromatic N) is 5. The minimum atomic E-state index is -0.496. The molecular formula is C53H60N6O10S. The highest BCUT2D eigenvalue weighted by Crippen LogP contribution is 2.49. The molecule has 0 saturated heterocycles. The molecule has 1 aliphatic carbocycles. The van der Waals surface area contributed by atoms with Crippen molar-refractivity contribution in [2.45, 2.75) is 24.3 Å². The molecular weight excluding hydrogens is 913 g/mol. The highest BCUT2D eigenvalue weighted by Gasteiger charge is 2.32. The third kappa shape index (κ3) is 12.7. The van der Waals surface area contributed by atoms with Gasteiger partial charge in [-0.15, -0.1) is 0 Å². The summed E-state index contributed by atoms with van der Waals surface area (Å²) in [6.07, 6.45) is 6.80. The Kier molecular flexibility index (Phi) is 17.3. The number of carbonyl (C=O) groups excluding carboxylic acids is 3. The number of rotatable bonds is 14. The van der Waals surface area contributed by atoms with Crippen molar-refractivity contribution in [3.63, 3.8) is 0 Å². The van der Waals surface area contributed by atoms with E-state index in [1.54, 1.807) is 11.0 Å². The van der Waals surface area contributed by atoms with Crippen LogP contribution in [0, 0.1) is 17.6 Å². The summed E-state index contributed by atoms with van der Waals surface area (Å²) in [6.45, 7) is 2.98. The number of ether oxygens (including phenoxy) is 7. The maximum atomic E-state index is 13.7. The topological polar surface area (TPSA) is 165 Å². The lowest BCUT2D eigenvalue weighted by Crippen LogP contribution is -2.36. The molecule has 2 heterocycles. The van der Waals surface area contributed by atoms with Crippen LogP contribution in [0.4, 0.5) is 17.1 Å². The van der Waals surface area contributed by atoms with Crippen molar-refractivity contribution in [1.29, 1.82) is 5.26 Å². The van der Waals surface area contributed by atoms with Crippen LogP contribution in [0.3, 0.4) is 0 Å². The normalized spacial score (nSPS) is 15.7. The zero-order valence-electron chi connectivity index (χ0n) is 40.7. The molecule has 7 rings (SSSR count). The molecule has 368 valence electrons. The van der Waals surface area contributed by atoms with Crippen LogP contribution in [0.5, 0.6) is 23.0 Å². The number of amides is 1. The summed E-state index contributed by atoms with van der Waals surface area (Å²) in [5.74, 6) is 1.37.